The summed E-state index contributed by atoms with van der Waals surface area (Å²) in [6, 6.07) is -0.992. The Morgan fingerprint density at radius 2 is 1.95 bits per heavy atom. The Kier molecular flexibility index (Phi) is 14.1. The molecule has 1 rings (SSSR count). The number of amides is 1. The molecule has 0 saturated carbocycles. The van der Waals surface area contributed by atoms with E-state index in [9.17, 15) is 14.4 Å². The molecule has 0 aromatic carbocycles. The Morgan fingerprint density at radius 1 is 1.24 bits per heavy atom. The topological polar surface area (TPSA) is 83.8 Å². The number of carbonyl (C=O) groups is 3. The predicted octanol–water partition coefficient (Wildman–Crippen LogP) is 6.41. The molecular formula is C29H37FNO5S+. The zero-order chi connectivity index (χ0) is 28.0. The minimum absolute atomic E-state index is 0.0630. The smallest absolute Gasteiger partial charge is 0.467 e. The summed E-state index contributed by atoms with van der Waals surface area (Å²) in [6.45, 7) is 13.1. The number of ether oxygens (including phenoxy) is 1. The number of thioether (sulfide) groups is 1. The second-order valence-corrected chi connectivity index (χ2v) is 9.40. The van der Waals surface area contributed by atoms with Crippen molar-refractivity contribution >= 4 is 34.7 Å². The third kappa shape index (κ3) is 11.1. The molecule has 8 heteroatoms. The summed E-state index contributed by atoms with van der Waals surface area (Å²) in [5, 5.41) is 1.78. The molecule has 0 aromatic rings. The van der Waals surface area contributed by atoms with Crippen LogP contribution < -0.4 is 5.32 Å². The van der Waals surface area contributed by atoms with Gasteiger partial charge in [0.25, 0.3) is 5.78 Å². The van der Waals surface area contributed by atoms with Gasteiger partial charge in [-0.05, 0) is 55.6 Å². The number of methoxy groups -OCH3 is 1. The van der Waals surface area contributed by atoms with Crippen LogP contribution in [0.5, 0.6) is 0 Å². The van der Waals surface area contributed by atoms with Crippen molar-refractivity contribution < 1.29 is 27.9 Å². The number of allylic oxidation sites excluding steroid dienone is 13. The first-order valence-corrected chi connectivity index (χ1v) is 13.1. The second-order valence-electron chi connectivity index (χ2n) is 8.45. The molecule has 1 atom stereocenters. The van der Waals surface area contributed by atoms with Crippen molar-refractivity contribution in [3.05, 3.63) is 83.3 Å². The van der Waals surface area contributed by atoms with Crippen molar-refractivity contribution in [3.63, 3.8) is 0 Å². The average Bonchev–Trinajstić information content (AvgIpc) is 2.85. The van der Waals surface area contributed by atoms with E-state index >= 15 is 4.39 Å². The van der Waals surface area contributed by atoms with Crippen molar-refractivity contribution in [1.82, 2.24) is 5.32 Å². The van der Waals surface area contributed by atoms with Crippen LogP contribution in [0, 0.1) is 5.92 Å². The van der Waals surface area contributed by atoms with Crippen LogP contribution in [-0.2, 0) is 18.8 Å². The van der Waals surface area contributed by atoms with Gasteiger partial charge >= 0.3 is 11.3 Å². The van der Waals surface area contributed by atoms with E-state index < -0.39 is 23.2 Å². The third-order valence-electron chi connectivity index (χ3n) is 5.16. The van der Waals surface area contributed by atoms with Crippen LogP contribution in [-0.4, -0.2) is 41.9 Å². The van der Waals surface area contributed by atoms with Gasteiger partial charge in [0.1, 0.15) is 11.9 Å². The van der Waals surface area contributed by atoms with E-state index in [4.69, 9.17) is 4.42 Å². The summed E-state index contributed by atoms with van der Waals surface area (Å²) in [6.07, 6.45) is 15.1. The lowest BCUT2D eigenvalue weighted by Crippen LogP contribution is -2.42. The first-order chi connectivity index (χ1) is 17.5. The lowest BCUT2D eigenvalue weighted by molar-refractivity contribution is -0.326. The van der Waals surface area contributed by atoms with Crippen molar-refractivity contribution in [2.75, 3.05) is 12.9 Å². The second kappa shape index (κ2) is 16.5. The Morgan fingerprint density at radius 3 is 2.51 bits per heavy atom. The van der Waals surface area contributed by atoms with Gasteiger partial charge in [0.05, 0.1) is 11.9 Å². The van der Waals surface area contributed by atoms with Gasteiger partial charge in [0.15, 0.2) is 0 Å². The molecule has 1 unspecified atom stereocenters. The van der Waals surface area contributed by atoms with Gasteiger partial charge in [-0.15, -0.1) is 0 Å². The summed E-state index contributed by atoms with van der Waals surface area (Å²) in [5.41, 5.74) is 2.48. The molecule has 1 aliphatic rings. The highest BCUT2D eigenvalue weighted by molar-refractivity contribution is 8.13. The Hall–Kier alpha value is -3.26. The summed E-state index contributed by atoms with van der Waals surface area (Å²) < 4.78 is 25.3. The molecule has 200 valence electrons. The molecule has 0 aliphatic heterocycles. The number of halogens is 1. The Bertz CT molecular complexity index is 1090. The van der Waals surface area contributed by atoms with Crippen molar-refractivity contribution in [2.24, 2.45) is 5.92 Å². The molecule has 1 N–H and O–H groups in total. The van der Waals surface area contributed by atoms with Crippen LogP contribution in [0.15, 0.2) is 83.3 Å². The fourth-order valence-electron chi connectivity index (χ4n) is 3.09. The fourth-order valence-corrected chi connectivity index (χ4v) is 3.76. The highest BCUT2D eigenvalue weighted by Gasteiger charge is 2.28. The number of hydrogen-bond donors (Lipinski definition) is 1. The molecule has 0 spiro atoms. The molecule has 0 bridgehead atoms. The molecular weight excluding hydrogens is 493 g/mol. The zero-order valence-electron chi connectivity index (χ0n) is 22.4. The number of carbonyl (C=O) groups excluding carboxylic acids is 4. The van der Waals surface area contributed by atoms with E-state index in [1.165, 1.54) is 20.1 Å². The number of nitrogens with one attached hydrogen (secondary N) is 1. The van der Waals surface area contributed by atoms with Crippen molar-refractivity contribution in [2.45, 2.75) is 53.5 Å². The maximum absolute atomic E-state index is 15.0. The molecule has 0 saturated heterocycles. The SMILES string of the molecule is C=C(C=C1C=C(C(=C/CC)/C(F)=C\C/C=C/C)C=CC1=[O+]C(=O)SCC(NC(C)=O)C(=O)OC)C(C)C. The highest BCUT2D eigenvalue weighted by Crippen LogP contribution is 2.28. The molecule has 0 fully saturated rings. The summed E-state index contributed by atoms with van der Waals surface area (Å²) in [4.78, 5) is 35.9. The molecule has 1 amide bonds. The van der Waals surface area contributed by atoms with Gasteiger partial charge in [-0.3, -0.25) is 9.22 Å². The minimum atomic E-state index is -0.992. The first kappa shape index (κ1) is 31.8. The monoisotopic (exact) mass is 530 g/mol. The minimum Gasteiger partial charge on any atom is -0.467 e. The lowest BCUT2D eigenvalue weighted by Gasteiger charge is -2.13. The zero-order valence-corrected chi connectivity index (χ0v) is 23.2. The van der Waals surface area contributed by atoms with Crippen LogP contribution in [0.25, 0.3) is 0 Å². The van der Waals surface area contributed by atoms with Crippen LogP contribution >= 0.6 is 11.8 Å². The standard InChI is InChI=1S/C29H36FNO5S/c1-8-10-11-13-25(30)24(12-9-2)22-14-15-27(23(17-22)16-20(5)19(3)4)36-29(34)37-18-26(28(33)35-7)31-21(6)32/h8,10,12-17,19,26H,5,9,11,18H2,1-4,6-7H3/p+1/b10-8+,23-16?,24-12-,25-13+. The molecule has 0 heterocycles. The Labute approximate surface area is 223 Å². The van der Waals surface area contributed by atoms with Crippen molar-refractivity contribution in [3.8, 4) is 0 Å². The average molecular weight is 531 g/mol. The molecule has 1 aliphatic carbocycles. The van der Waals surface area contributed by atoms with Crippen molar-refractivity contribution in [1.29, 1.82) is 0 Å². The van der Waals surface area contributed by atoms with E-state index in [1.54, 1.807) is 24.3 Å². The van der Waals surface area contributed by atoms with E-state index in [2.05, 4.69) is 16.6 Å². The first-order valence-electron chi connectivity index (χ1n) is 12.1. The van der Waals surface area contributed by atoms with E-state index in [-0.39, 0.29) is 23.3 Å². The molecule has 6 nitrogen and oxygen atoms in total. The third-order valence-corrected chi connectivity index (χ3v) is 5.98. The molecule has 0 radical (unpaired) electrons. The number of hydrogen-bond acceptors (Lipinski definition) is 5. The van der Waals surface area contributed by atoms with E-state index in [0.29, 0.717) is 29.6 Å². The number of ketones is 1. The maximum Gasteiger partial charge on any atom is 0.644 e. The highest BCUT2D eigenvalue weighted by atomic mass is 32.2. The summed E-state index contributed by atoms with van der Waals surface area (Å²) >= 11 is 0.734. The van der Waals surface area contributed by atoms with Gasteiger partial charge in [-0.2, -0.15) is 0 Å². The van der Waals surface area contributed by atoms with Crippen LogP contribution in [0.3, 0.4) is 0 Å². The van der Waals surface area contributed by atoms with E-state index in [1.807, 2.05) is 45.9 Å². The van der Waals surface area contributed by atoms with E-state index in [0.717, 1.165) is 17.3 Å². The summed E-state index contributed by atoms with van der Waals surface area (Å²) in [7, 11) is 1.20. The van der Waals surface area contributed by atoms with Crippen LogP contribution in [0.4, 0.5) is 9.18 Å². The van der Waals surface area contributed by atoms with Gasteiger partial charge in [-0.1, -0.05) is 51.2 Å². The maximum atomic E-state index is 15.0. The lowest BCUT2D eigenvalue weighted by atomic mass is 9.91. The van der Waals surface area contributed by atoms with Gasteiger partial charge < -0.3 is 10.1 Å². The largest absolute Gasteiger partial charge is 0.644 e. The Balaban J connectivity index is 3.32. The van der Waals surface area contributed by atoms with Gasteiger partial charge in [0.2, 0.25) is 5.91 Å². The molecule has 0 aromatic heterocycles. The van der Waals surface area contributed by atoms with Gasteiger partial charge in [0, 0.05) is 41.7 Å². The number of rotatable bonds is 11. The summed E-state index contributed by atoms with van der Waals surface area (Å²) in [5.74, 6) is -1.07. The number of esters is 1. The van der Waals surface area contributed by atoms with Crippen LogP contribution in [0.2, 0.25) is 0 Å². The van der Waals surface area contributed by atoms with Crippen LogP contribution in [0.1, 0.15) is 47.5 Å². The molecule has 37 heavy (non-hydrogen) atoms. The van der Waals surface area contributed by atoms with Gasteiger partial charge in [-0.25, -0.2) is 9.18 Å². The normalized spacial score (nSPS) is 17.4. The fraction of sp³-hybridized carbons (Fsp3) is 0.379. The quantitative estimate of drug-likeness (QED) is 0.110. The predicted molar refractivity (Wildman–Crippen MR) is 149 cm³/mol.